The molecule has 0 spiro atoms. The molecule has 1 aliphatic rings. The third-order valence-electron chi connectivity index (χ3n) is 4.02. The van der Waals surface area contributed by atoms with E-state index in [0.29, 0.717) is 17.8 Å². The predicted octanol–water partition coefficient (Wildman–Crippen LogP) is 1.53. The van der Waals surface area contributed by atoms with Gasteiger partial charge in [0.25, 0.3) is 0 Å². The molecule has 2 heterocycles. The summed E-state index contributed by atoms with van der Waals surface area (Å²) in [5.74, 6) is 0.713. The maximum absolute atomic E-state index is 11.9. The van der Waals surface area contributed by atoms with Crippen molar-refractivity contribution in [3.63, 3.8) is 0 Å². The van der Waals surface area contributed by atoms with Gasteiger partial charge < -0.3 is 15.0 Å². The SMILES string of the molecule is CCNC(=O)C1CCN(c2ccc(C(=O)OC)c(C)n2)CC1. The summed E-state index contributed by atoms with van der Waals surface area (Å²) in [4.78, 5) is 30.1. The zero-order chi connectivity index (χ0) is 16.1. The number of carbonyl (C=O) groups excluding carboxylic acids is 2. The lowest BCUT2D eigenvalue weighted by atomic mass is 9.96. The molecule has 1 fully saturated rings. The number of carbonyl (C=O) groups is 2. The number of hydrogen-bond acceptors (Lipinski definition) is 5. The van der Waals surface area contributed by atoms with Crippen molar-refractivity contribution in [1.29, 1.82) is 0 Å². The van der Waals surface area contributed by atoms with Crippen molar-refractivity contribution in [3.8, 4) is 0 Å². The second-order valence-corrected chi connectivity index (χ2v) is 5.45. The van der Waals surface area contributed by atoms with Crippen LogP contribution in [-0.2, 0) is 9.53 Å². The van der Waals surface area contributed by atoms with Crippen LogP contribution >= 0.6 is 0 Å². The molecule has 0 aromatic carbocycles. The zero-order valence-electron chi connectivity index (χ0n) is 13.4. The minimum absolute atomic E-state index is 0.0895. The Morgan fingerprint density at radius 1 is 1.36 bits per heavy atom. The molecule has 0 radical (unpaired) electrons. The van der Waals surface area contributed by atoms with Crippen molar-refractivity contribution < 1.29 is 14.3 Å². The first-order valence-electron chi connectivity index (χ1n) is 7.65. The molecule has 120 valence electrons. The fraction of sp³-hybridized carbons (Fsp3) is 0.562. The van der Waals surface area contributed by atoms with Crippen molar-refractivity contribution in [2.75, 3.05) is 31.6 Å². The van der Waals surface area contributed by atoms with Gasteiger partial charge in [-0.3, -0.25) is 4.79 Å². The molecular weight excluding hydrogens is 282 g/mol. The number of pyridine rings is 1. The summed E-state index contributed by atoms with van der Waals surface area (Å²) < 4.78 is 4.73. The number of rotatable bonds is 4. The smallest absolute Gasteiger partial charge is 0.339 e. The maximum Gasteiger partial charge on any atom is 0.339 e. The number of piperidine rings is 1. The van der Waals surface area contributed by atoms with Crippen LogP contribution in [0, 0.1) is 12.8 Å². The highest BCUT2D eigenvalue weighted by molar-refractivity contribution is 5.90. The van der Waals surface area contributed by atoms with Crippen LogP contribution in [0.4, 0.5) is 5.82 Å². The number of aryl methyl sites for hydroxylation is 1. The van der Waals surface area contributed by atoms with Crippen LogP contribution in [0.5, 0.6) is 0 Å². The van der Waals surface area contributed by atoms with Crippen molar-refractivity contribution in [1.82, 2.24) is 10.3 Å². The molecule has 1 N–H and O–H groups in total. The number of methoxy groups -OCH3 is 1. The molecule has 1 aliphatic heterocycles. The number of nitrogens with one attached hydrogen (secondary N) is 1. The third-order valence-corrected chi connectivity index (χ3v) is 4.02. The summed E-state index contributed by atoms with van der Waals surface area (Å²) in [7, 11) is 1.36. The fourth-order valence-corrected chi connectivity index (χ4v) is 2.74. The Morgan fingerprint density at radius 3 is 2.59 bits per heavy atom. The van der Waals surface area contributed by atoms with Gasteiger partial charge in [0.1, 0.15) is 5.82 Å². The van der Waals surface area contributed by atoms with E-state index in [9.17, 15) is 9.59 Å². The fourth-order valence-electron chi connectivity index (χ4n) is 2.74. The van der Waals surface area contributed by atoms with E-state index in [2.05, 4.69) is 15.2 Å². The van der Waals surface area contributed by atoms with Crippen molar-refractivity contribution in [3.05, 3.63) is 23.4 Å². The summed E-state index contributed by atoms with van der Waals surface area (Å²) in [6.07, 6.45) is 1.65. The Morgan fingerprint density at radius 2 is 2.05 bits per heavy atom. The molecule has 0 unspecified atom stereocenters. The monoisotopic (exact) mass is 305 g/mol. The van der Waals surface area contributed by atoms with Crippen molar-refractivity contribution in [2.24, 2.45) is 5.92 Å². The number of nitrogens with zero attached hydrogens (tertiary/aromatic N) is 2. The van der Waals surface area contributed by atoms with Gasteiger partial charge in [-0.2, -0.15) is 0 Å². The Balaban J connectivity index is 2.01. The van der Waals surface area contributed by atoms with Crippen LogP contribution in [0.15, 0.2) is 12.1 Å². The molecule has 0 aliphatic carbocycles. The van der Waals surface area contributed by atoms with E-state index < -0.39 is 0 Å². The molecule has 1 saturated heterocycles. The van der Waals surface area contributed by atoms with E-state index in [0.717, 1.165) is 31.7 Å². The quantitative estimate of drug-likeness (QED) is 0.854. The summed E-state index contributed by atoms with van der Waals surface area (Å²) in [5.41, 5.74) is 1.15. The average Bonchev–Trinajstić information content (AvgIpc) is 2.54. The van der Waals surface area contributed by atoms with E-state index in [-0.39, 0.29) is 17.8 Å². The lowest BCUT2D eigenvalue weighted by Gasteiger charge is -2.32. The first-order valence-corrected chi connectivity index (χ1v) is 7.65. The van der Waals surface area contributed by atoms with E-state index in [1.807, 2.05) is 13.0 Å². The van der Waals surface area contributed by atoms with Crippen LogP contribution in [0.1, 0.15) is 35.8 Å². The molecule has 1 aromatic rings. The molecule has 1 amide bonds. The number of esters is 1. The van der Waals surface area contributed by atoms with Crippen LogP contribution in [0.25, 0.3) is 0 Å². The minimum Gasteiger partial charge on any atom is -0.465 e. The molecule has 0 saturated carbocycles. The van der Waals surface area contributed by atoms with Gasteiger partial charge in [-0.1, -0.05) is 0 Å². The van der Waals surface area contributed by atoms with Gasteiger partial charge in [-0.05, 0) is 38.8 Å². The Hall–Kier alpha value is -2.11. The van der Waals surface area contributed by atoms with Crippen LogP contribution < -0.4 is 10.2 Å². The highest BCUT2D eigenvalue weighted by Crippen LogP contribution is 2.23. The summed E-state index contributed by atoms with van der Waals surface area (Å²) in [6, 6.07) is 3.59. The first-order chi connectivity index (χ1) is 10.6. The molecular formula is C16H23N3O3. The van der Waals surface area contributed by atoms with Gasteiger partial charge in [-0.25, -0.2) is 9.78 Å². The number of anilines is 1. The van der Waals surface area contributed by atoms with Crippen molar-refractivity contribution in [2.45, 2.75) is 26.7 Å². The Labute approximate surface area is 130 Å². The van der Waals surface area contributed by atoms with Crippen LogP contribution in [0.2, 0.25) is 0 Å². The number of amides is 1. The molecule has 1 aromatic heterocycles. The number of hydrogen-bond donors (Lipinski definition) is 1. The normalized spacial score (nSPS) is 15.5. The van der Waals surface area contributed by atoms with E-state index in [4.69, 9.17) is 4.74 Å². The van der Waals surface area contributed by atoms with Crippen LogP contribution in [0.3, 0.4) is 0 Å². The lowest BCUT2D eigenvalue weighted by molar-refractivity contribution is -0.125. The molecule has 6 nitrogen and oxygen atoms in total. The third kappa shape index (κ3) is 3.55. The topological polar surface area (TPSA) is 71.5 Å². The summed E-state index contributed by atoms with van der Waals surface area (Å²) in [6.45, 7) is 6.01. The standard InChI is InChI=1S/C16H23N3O3/c1-4-17-15(20)12-7-9-19(10-8-12)14-6-5-13(11(2)18-14)16(21)22-3/h5-6,12H,4,7-10H2,1-3H3,(H,17,20). The van der Waals surface area contributed by atoms with E-state index >= 15 is 0 Å². The largest absolute Gasteiger partial charge is 0.465 e. The van der Waals surface area contributed by atoms with Crippen molar-refractivity contribution >= 4 is 17.7 Å². The summed E-state index contributed by atoms with van der Waals surface area (Å²) >= 11 is 0. The van der Waals surface area contributed by atoms with Gasteiger partial charge in [-0.15, -0.1) is 0 Å². The number of aromatic nitrogens is 1. The highest BCUT2D eigenvalue weighted by atomic mass is 16.5. The van der Waals surface area contributed by atoms with Gasteiger partial charge in [0.05, 0.1) is 18.4 Å². The van der Waals surface area contributed by atoms with Gasteiger partial charge in [0.15, 0.2) is 0 Å². The first kappa shape index (κ1) is 16.3. The maximum atomic E-state index is 11.9. The van der Waals surface area contributed by atoms with Gasteiger partial charge >= 0.3 is 5.97 Å². The van der Waals surface area contributed by atoms with Crippen LogP contribution in [-0.4, -0.2) is 43.6 Å². The molecule has 0 bridgehead atoms. The molecule has 6 heteroatoms. The van der Waals surface area contributed by atoms with E-state index in [1.165, 1.54) is 7.11 Å². The second-order valence-electron chi connectivity index (χ2n) is 5.45. The molecule has 22 heavy (non-hydrogen) atoms. The summed E-state index contributed by atoms with van der Waals surface area (Å²) in [5, 5.41) is 2.88. The number of ether oxygens (including phenoxy) is 1. The van der Waals surface area contributed by atoms with Gasteiger partial charge in [0.2, 0.25) is 5.91 Å². The van der Waals surface area contributed by atoms with E-state index in [1.54, 1.807) is 13.0 Å². The molecule has 2 rings (SSSR count). The highest BCUT2D eigenvalue weighted by Gasteiger charge is 2.25. The minimum atomic E-state index is -0.369. The predicted molar refractivity (Wildman–Crippen MR) is 83.9 cm³/mol. The van der Waals surface area contributed by atoms with Gasteiger partial charge in [0, 0.05) is 25.6 Å². The lowest BCUT2D eigenvalue weighted by Crippen LogP contribution is -2.40. The molecule has 0 atom stereocenters. The Bertz CT molecular complexity index is 552. The zero-order valence-corrected chi connectivity index (χ0v) is 13.4. The average molecular weight is 305 g/mol. The Kier molecular flexibility index (Phi) is 5.35. The second kappa shape index (κ2) is 7.24.